The Hall–Kier alpha value is -1.79. The first-order valence-electron chi connectivity index (χ1n) is 7.44. The molecular formula is C16H22ClNO5. The van der Waals surface area contributed by atoms with E-state index in [-0.39, 0.29) is 12.2 Å². The summed E-state index contributed by atoms with van der Waals surface area (Å²) < 4.78 is 10.4. The Labute approximate surface area is 140 Å². The molecular weight excluding hydrogens is 322 g/mol. The lowest BCUT2D eigenvalue weighted by Gasteiger charge is -2.16. The van der Waals surface area contributed by atoms with Crippen LogP contribution in [0.1, 0.15) is 36.5 Å². The molecule has 0 saturated carbocycles. The fourth-order valence-electron chi connectivity index (χ4n) is 1.94. The van der Waals surface area contributed by atoms with Crippen molar-refractivity contribution in [1.29, 1.82) is 0 Å². The molecule has 6 nitrogen and oxygen atoms in total. The molecule has 7 heteroatoms. The number of hydrogen-bond acceptors (Lipinski definition) is 4. The van der Waals surface area contributed by atoms with E-state index in [1.807, 2.05) is 6.92 Å². The molecule has 0 heterocycles. The van der Waals surface area contributed by atoms with Gasteiger partial charge in [-0.15, -0.1) is 0 Å². The zero-order valence-corrected chi connectivity index (χ0v) is 14.1. The highest BCUT2D eigenvalue weighted by Gasteiger charge is 2.22. The zero-order chi connectivity index (χ0) is 17.2. The van der Waals surface area contributed by atoms with E-state index in [1.54, 1.807) is 19.2 Å². The third-order valence-electron chi connectivity index (χ3n) is 3.18. The van der Waals surface area contributed by atoms with Crippen molar-refractivity contribution in [3.63, 3.8) is 0 Å². The molecule has 0 bridgehead atoms. The van der Waals surface area contributed by atoms with Crippen molar-refractivity contribution >= 4 is 23.5 Å². The summed E-state index contributed by atoms with van der Waals surface area (Å²) in [6, 6.07) is 3.70. The fraction of sp³-hybridized carbons (Fsp3) is 0.500. The number of carboxylic acid groups (broad SMARTS) is 1. The van der Waals surface area contributed by atoms with Crippen LogP contribution in [0.15, 0.2) is 18.2 Å². The molecule has 0 aliphatic carbocycles. The smallest absolute Gasteiger partial charge is 0.326 e. The molecule has 0 fully saturated rings. The fourth-order valence-corrected chi connectivity index (χ4v) is 2.11. The monoisotopic (exact) mass is 343 g/mol. The maximum absolute atomic E-state index is 12.4. The minimum atomic E-state index is -1.06. The van der Waals surface area contributed by atoms with Crippen LogP contribution in [0.25, 0.3) is 0 Å². The molecule has 2 N–H and O–H groups in total. The predicted molar refractivity (Wildman–Crippen MR) is 87.2 cm³/mol. The SMILES string of the molecule is CCCC[C@H](NC(=O)c1cc(Cl)ccc1OCCOC)C(=O)O. The van der Waals surface area contributed by atoms with Crippen molar-refractivity contribution < 1.29 is 24.2 Å². The molecule has 128 valence electrons. The number of amides is 1. The van der Waals surface area contributed by atoms with Gasteiger partial charge < -0.3 is 19.9 Å². The Balaban J connectivity index is 2.87. The van der Waals surface area contributed by atoms with Crippen molar-refractivity contribution in [2.45, 2.75) is 32.2 Å². The first kappa shape index (κ1) is 19.3. The third-order valence-corrected chi connectivity index (χ3v) is 3.42. The molecule has 0 aliphatic heterocycles. The van der Waals surface area contributed by atoms with E-state index in [0.29, 0.717) is 30.2 Å². The van der Waals surface area contributed by atoms with E-state index in [1.165, 1.54) is 6.07 Å². The van der Waals surface area contributed by atoms with Gasteiger partial charge in [-0.1, -0.05) is 31.4 Å². The highest BCUT2D eigenvalue weighted by atomic mass is 35.5. The number of ether oxygens (including phenoxy) is 2. The summed E-state index contributed by atoms with van der Waals surface area (Å²) in [5.74, 6) is -1.25. The van der Waals surface area contributed by atoms with E-state index in [9.17, 15) is 14.7 Å². The Kier molecular flexibility index (Phi) is 8.43. The van der Waals surface area contributed by atoms with Gasteiger partial charge in [-0.2, -0.15) is 0 Å². The lowest BCUT2D eigenvalue weighted by Crippen LogP contribution is -2.40. The van der Waals surface area contributed by atoms with Gasteiger partial charge in [-0.25, -0.2) is 4.79 Å². The average Bonchev–Trinajstić information content (AvgIpc) is 2.52. The van der Waals surface area contributed by atoms with Crippen LogP contribution < -0.4 is 10.1 Å². The summed E-state index contributed by atoms with van der Waals surface area (Å²) in [5.41, 5.74) is 0.205. The van der Waals surface area contributed by atoms with Gasteiger partial charge in [-0.05, 0) is 24.6 Å². The number of hydrogen-bond donors (Lipinski definition) is 2. The standard InChI is InChI=1S/C16H22ClNO5/c1-3-4-5-13(16(20)21)18-15(19)12-10-11(17)6-7-14(12)23-9-8-22-2/h6-7,10,13H,3-5,8-9H2,1-2H3,(H,18,19)(H,20,21)/t13-/m0/s1. The van der Waals surface area contributed by atoms with Gasteiger partial charge in [0.15, 0.2) is 0 Å². The van der Waals surface area contributed by atoms with Gasteiger partial charge in [0.1, 0.15) is 18.4 Å². The Morgan fingerprint density at radius 1 is 1.35 bits per heavy atom. The topological polar surface area (TPSA) is 84.9 Å². The van der Waals surface area contributed by atoms with Gasteiger partial charge in [-0.3, -0.25) is 4.79 Å². The van der Waals surface area contributed by atoms with Crippen LogP contribution in [0.3, 0.4) is 0 Å². The van der Waals surface area contributed by atoms with Gasteiger partial charge in [0.2, 0.25) is 0 Å². The molecule has 1 amide bonds. The molecule has 0 unspecified atom stereocenters. The molecule has 23 heavy (non-hydrogen) atoms. The minimum Gasteiger partial charge on any atom is -0.490 e. The summed E-state index contributed by atoms with van der Waals surface area (Å²) in [4.78, 5) is 23.6. The molecule has 0 radical (unpaired) electrons. The normalized spacial score (nSPS) is 11.8. The van der Waals surface area contributed by atoms with E-state index >= 15 is 0 Å². The van der Waals surface area contributed by atoms with Crippen LogP contribution in [-0.2, 0) is 9.53 Å². The van der Waals surface area contributed by atoms with Crippen molar-refractivity contribution in [1.82, 2.24) is 5.32 Å². The van der Waals surface area contributed by atoms with Crippen LogP contribution in [0.5, 0.6) is 5.75 Å². The summed E-state index contributed by atoms with van der Waals surface area (Å²) in [7, 11) is 1.55. The predicted octanol–water partition coefficient (Wildman–Crippen LogP) is 2.74. The maximum atomic E-state index is 12.4. The molecule has 0 saturated heterocycles. The lowest BCUT2D eigenvalue weighted by atomic mass is 10.1. The van der Waals surface area contributed by atoms with Crippen LogP contribution >= 0.6 is 11.6 Å². The molecule has 1 aromatic carbocycles. The number of carboxylic acids is 1. The number of unbranched alkanes of at least 4 members (excludes halogenated alkanes) is 1. The largest absolute Gasteiger partial charge is 0.490 e. The minimum absolute atomic E-state index is 0.205. The number of carbonyl (C=O) groups excluding carboxylic acids is 1. The van der Waals surface area contributed by atoms with Crippen molar-refractivity contribution in [3.8, 4) is 5.75 Å². The number of carbonyl (C=O) groups is 2. The summed E-state index contributed by atoms with van der Waals surface area (Å²) in [6.45, 7) is 2.61. The highest BCUT2D eigenvalue weighted by Crippen LogP contribution is 2.23. The number of nitrogens with one attached hydrogen (secondary N) is 1. The number of rotatable bonds is 10. The average molecular weight is 344 g/mol. The molecule has 1 aromatic rings. The number of methoxy groups -OCH3 is 1. The van der Waals surface area contributed by atoms with Crippen molar-refractivity contribution in [3.05, 3.63) is 28.8 Å². The highest BCUT2D eigenvalue weighted by molar-refractivity contribution is 6.31. The van der Waals surface area contributed by atoms with Crippen LogP contribution in [0.4, 0.5) is 0 Å². The molecule has 0 spiro atoms. The molecule has 0 aromatic heterocycles. The Bertz CT molecular complexity index is 535. The van der Waals surface area contributed by atoms with E-state index in [4.69, 9.17) is 21.1 Å². The van der Waals surface area contributed by atoms with E-state index in [0.717, 1.165) is 6.42 Å². The second kappa shape index (κ2) is 10.1. The van der Waals surface area contributed by atoms with Gasteiger partial charge in [0, 0.05) is 12.1 Å². The second-order valence-corrected chi connectivity index (χ2v) is 5.42. The first-order chi connectivity index (χ1) is 11.0. The molecule has 0 aliphatic rings. The summed E-state index contributed by atoms with van der Waals surface area (Å²) in [5, 5.41) is 12.1. The summed E-state index contributed by atoms with van der Waals surface area (Å²) in [6.07, 6.45) is 1.93. The van der Waals surface area contributed by atoms with Crippen LogP contribution in [0, 0.1) is 0 Å². The van der Waals surface area contributed by atoms with Gasteiger partial charge >= 0.3 is 5.97 Å². The second-order valence-electron chi connectivity index (χ2n) is 4.99. The molecule has 1 rings (SSSR count). The third kappa shape index (κ3) is 6.46. The van der Waals surface area contributed by atoms with Crippen molar-refractivity contribution in [2.75, 3.05) is 20.3 Å². The molecule has 1 atom stereocenters. The van der Waals surface area contributed by atoms with Crippen molar-refractivity contribution in [2.24, 2.45) is 0 Å². The van der Waals surface area contributed by atoms with Crippen LogP contribution in [-0.4, -0.2) is 43.3 Å². The van der Waals surface area contributed by atoms with Gasteiger partial charge in [0.25, 0.3) is 5.91 Å². The van der Waals surface area contributed by atoms with E-state index < -0.39 is 17.9 Å². The zero-order valence-electron chi connectivity index (χ0n) is 13.3. The number of aliphatic carboxylic acids is 1. The maximum Gasteiger partial charge on any atom is 0.326 e. The lowest BCUT2D eigenvalue weighted by molar-refractivity contribution is -0.139. The number of benzene rings is 1. The Morgan fingerprint density at radius 3 is 2.70 bits per heavy atom. The summed E-state index contributed by atoms with van der Waals surface area (Å²) >= 11 is 5.93. The quantitative estimate of drug-likeness (QED) is 0.638. The van der Waals surface area contributed by atoms with E-state index in [2.05, 4.69) is 5.32 Å². The van der Waals surface area contributed by atoms with Crippen LogP contribution in [0.2, 0.25) is 5.02 Å². The Morgan fingerprint density at radius 2 is 2.09 bits per heavy atom. The van der Waals surface area contributed by atoms with Gasteiger partial charge in [0.05, 0.1) is 12.2 Å². The number of halogens is 1. The first-order valence-corrected chi connectivity index (χ1v) is 7.82.